The van der Waals surface area contributed by atoms with E-state index >= 15 is 0 Å². The molecule has 2 aromatic heterocycles. The Labute approximate surface area is 110 Å². The first-order valence-corrected chi connectivity index (χ1v) is 7.01. The van der Waals surface area contributed by atoms with Crippen LogP contribution >= 0.6 is 11.3 Å². The molecule has 3 rings (SSSR count). The molecule has 0 atom stereocenters. The van der Waals surface area contributed by atoms with Gasteiger partial charge in [-0.05, 0) is 30.7 Å². The molecular formula is C13H14N4S. The van der Waals surface area contributed by atoms with Crippen LogP contribution in [0.5, 0.6) is 0 Å². The van der Waals surface area contributed by atoms with Crippen molar-refractivity contribution in [2.24, 2.45) is 0 Å². The minimum Gasteiger partial charge on any atom is -0.351 e. The van der Waals surface area contributed by atoms with Crippen molar-refractivity contribution in [1.82, 2.24) is 9.97 Å². The Bertz CT molecular complexity index is 609. The number of aryl methyl sites for hydroxylation is 1. The first-order valence-electron chi connectivity index (χ1n) is 6.13. The molecule has 0 spiro atoms. The summed E-state index contributed by atoms with van der Waals surface area (Å²) in [6.45, 7) is 2.84. The Morgan fingerprint density at radius 1 is 1.50 bits per heavy atom. The molecule has 0 N–H and O–H groups in total. The van der Waals surface area contributed by atoms with Crippen molar-refractivity contribution in [2.45, 2.75) is 32.2 Å². The van der Waals surface area contributed by atoms with Crippen molar-refractivity contribution in [3.05, 3.63) is 17.3 Å². The first-order chi connectivity index (χ1) is 8.81. The van der Waals surface area contributed by atoms with Gasteiger partial charge in [-0.2, -0.15) is 5.26 Å². The van der Waals surface area contributed by atoms with E-state index in [-0.39, 0.29) is 0 Å². The van der Waals surface area contributed by atoms with Crippen LogP contribution in [0.15, 0.2) is 11.7 Å². The van der Waals surface area contributed by atoms with Crippen molar-refractivity contribution < 1.29 is 0 Å². The predicted octanol–water partition coefficient (Wildman–Crippen LogP) is 2.88. The van der Waals surface area contributed by atoms with E-state index in [0.717, 1.165) is 22.6 Å². The van der Waals surface area contributed by atoms with Crippen molar-refractivity contribution in [2.75, 3.05) is 11.4 Å². The lowest BCUT2D eigenvalue weighted by Crippen LogP contribution is -2.27. The predicted molar refractivity (Wildman–Crippen MR) is 72.8 cm³/mol. The fourth-order valence-electron chi connectivity index (χ4n) is 2.18. The average Bonchev–Trinajstić information content (AvgIpc) is 3.15. The molecule has 92 valence electrons. The standard InChI is InChI=1S/C13H14N4S/c1-9-7-18-12-11(9)15-8-16-13(12)17(6-2-5-14)10-3-4-10/h7-8,10H,2-4,6H2,1H3. The van der Waals surface area contributed by atoms with Crippen LogP contribution in [-0.2, 0) is 0 Å². The fourth-order valence-corrected chi connectivity index (χ4v) is 3.19. The zero-order valence-electron chi connectivity index (χ0n) is 10.3. The third-order valence-electron chi connectivity index (χ3n) is 3.24. The number of thiophene rings is 1. The van der Waals surface area contributed by atoms with Gasteiger partial charge in [0, 0.05) is 12.6 Å². The average molecular weight is 258 g/mol. The third kappa shape index (κ3) is 1.93. The van der Waals surface area contributed by atoms with E-state index in [1.54, 1.807) is 17.7 Å². The molecule has 0 radical (unpaired) electrons. The highest BCUT2D eigenvalue weighted by Crippen LogP contribution is 2.36. The monoisotopic (exact) mass is 258 g/mol. The summed E-state index contributed by atoms with van der Waals surface area (Å²) in [6, 6.07) is 2.79. The van der Waals surface area contributed by atoms with Crippen LogP contribution in [0.3, 0.4) is 0 Å². The van der Waals surface area contributed by atoms with Gasteiger partial charge in [-0.15, -0.1) is 11.3 Å². The van der Waals surface area contributed by atoms with Crippen LogP contribution in [0.2, 0.25) is 0 Å². The zero-order valence-corrected chi connectivity index (χ0v) is 11.1. The first kappa shape index (κ1) is 11.4. The lowest BCUT2D eigenvalue weighted by Gasteiger charge is -2.22. The van der Waals surface area contributed by atoms with Gasteiger partial charge in [-0.25, -0.2) is 9.97 Å². The molecule has 2 aromatic rings. The van der Waals surface area contributed by atoms with E-state index in [4.69, 9.17) is 5.26 Å². The molecule has 0 saturated heterocycles. The van der Waals surface area contributed by atoms with Gasteiger partial charge in [-0.1, -0.05) is 0 Å². The molecule has 0 unspecified atom stereocenters. The molecule has 2 heterocycles. The van der Waals surface area contributed by atoms with Gasteiger partial charge in [0.1, 0.15) is 12.1 Å². The highest BCUT2D eigenvalue weighted by Gasteiger charge is 2.31. The summed E-state index contributed by atoms with van der Waals surface area (Å²) in [4.78, 5) is 11.1. The molecule has 0 aliphatic heterocycles. The van der Waals surface area contributed by atoms with Gasteiger partial charge in [-0.3, -0.25) is 0 Å². The molecule has 0 aromatic carbocycles. The Morgan fingerprint density at radius 2 is 2.33 bits per heavy atom. The van der Waals surface area contributed by atoms with E-state index < -0.39 is 0 Å². The Hall–Kier alpha value is -1.67. The van der Waals surface area contributed by atoms with Crippen molar-refractivity contribution >= 4 is 27.4 Å². The van der Waals surface area contributed by atoms with Gasteiger partial charge in [0.25, 0.3) is 0 Å². The summed E-state index contributed by atoms with van der Waals surface area (Å²) < 4.78 is 1.15. The van der Waals surface area contributed by atoms with Crippen LogP contribution in [0, 0.1) is 18.3 Å². The summed E-state index contributed by atoms with van der Waals surface area (Å²) in [5.41, 5.74) is 2.25. The topological polar surface area (TPSA) is 52.8 Å². The number of rotatable bonds is 4. The van der Waals surface area contributed by atoms with E-state index in [1.807, 2.05) is 0 Å². The molecule has 18 heavy (non-hydrogen) atoms. The van der Waals surface area contributed by atoms with Crippen LogP contribution < -0.4 is 4.90 Å². The number of fused-ring (bicyclic) bond motifs is 1. The molecule has 1 saturated carbocycles. The van der Waals surface area contributed by atoms with Crippen LogP contribution in [0.25, 0.3) is 10.2 Å². The highest BCUT2D eigenvalue weighted by molar-refractivity contribution is 7.18. The summed E-state index contributed by atoms with van der Waals surface area (Å²) in [7, 11) is 0. The molecule has 0 amide bonds. The molecule has 1 aliphatic carbocycles. The van der Waals surface area contributed by atoms with Crippen LogP contribution in [0.1, 0.15) is 24.8 Å². The van der Waals surface area contributed by atoms with Crippen LogP contribution in [0.4, 0.5) is 5.82 Å². The Kier molecular flexibility index (Phi) is 2.88. The highest BCUT2D eigenvalue weighted by atomic mass is 32.1. The van der Waals surface area contributed by atoms with E-state index in [0.29, 0.717) is 12.5 Å². The Morgan fingerprint density at radius 3 is 3.06 bits per heavy atom. The summed E-state index contributed by atoms with van der Waals surface area (Å²) in [5.74, 6) is 1.01. The van der Waals surface area contributed by atoms with Gasteiger partial charge < -0.3 is 4.90 Å². The van der Waals surface area contributed by atoms with E-state index in [9.17, 15) is 0 Å². The number of aromatic nitrogens is 2. The third-order valence-corrected chi connectivity index (χ3v) is 4.32. The normalized spacial score (nSPS) is 14.7. The summed E-state index contributed by atoms with van der Waals surface area (Å²) >= 11 is 1.70. The largest absolute Gasteiger partial charge is 0.351 e. The zero-order chi connectivity index (χ0) is 12.5. The molecule has 1 fully saturated rings. The summed E-state index contributed by atoms with van der Waals surface area (Å²) in [5, 5.41) is 10.9. The second-order valence-electron chi connectivity index (χ2n) is 4.63. The van der Waals surface area contributed by atoms with E-state index in [2.05, 4.69) is 33.2 Å². The molecule has 1 aliphatic rings. The number of anilines is 1. The van der Waals surface area contributed by atoms with Crippen molar-refractivity contribution in [3.8, 4) is 6.07 Å². The number of hydrogen-bond donors (Lipinski definition) is 0. The number of nitrogens with zero attached hydrogens (tertiary/aromatic N) is 4. The second kappa shape index (κ2) is 4.54. The van der Waals surface area contributed by atoms with Gasteiger partial charge in [0.2, 0.25) is 0 Å². The van der Waals surface area contributed by atoms with Crippen molar-refractivity contribution in [1.29, 1.82) is 5.26 Å². The lowest BCUT2D eigenvalue weighted by molar-refractivity contribution is 0.781. The second-order valence-corrected chi connectivity index (χ2v) is 5.51. The molecular weight excluding hydrogens is 244 g/mol. The van der Waals surface area contributed by atoms with Gasteiger partial charge in [0.05, 0.1) is 22.7 Å². The fraction of sp³-hybridized carbons (Fsp3) is 0.462. The quantitative estimate of drug-likeness (QED) is 0.846. The minimum absolute atomic E-state index is 0.548. The number of hydrogen-bond acceptors (Lipinski definition) is 5. The SMILES string of the molecule is Cc1csc2c(N(CCC#N)C3CC3)ncnc12. The minimum atomic E-state index is 0.548. The van der Waals surface area contributed by atoms with Crippen molar-refractivity contribution in [3.63, 3.8) is 0 Å². The molecule has 0 bridgehead atoms. The maximum absolute atomic E-state index is 8.77. The maximum atomic E-state index is 8.77. The maximum Gasteiger partial charge on any atom is 0.150 e. The van der Waals surface area contributed by atoms with Gasteiger partial charge in [0.15, 0.2) is 0 Å². The lowest BCUT2D eigenvalue weighted by atomic mass is 10.3. The number of nitriles is 1. The summed E-state index contributed by atoms with van der Waals surface area (Å²) in [6.07, 6.45) is 4.61. The molecule has 4 nitrogen and oxygen atoms in total. The van der Waals surface area contributed by atoms with E-state index in [1.165, 1.54) is 18.4 Å². The smallest absolute Gasteiger partial charge is 0.150 e. The van der Waals surface area contributed by atoms with Crippen LogP contribution in [-0.4, -0.2) is 22.6 Å². The van der Waals surface area contributed by atoms with Gasteiger partial charge >= 0.3 is 0 Å². The Balaban J connectivity index is 2.03. The molecule has 5 heteroatoms.